The van der Waals surface area contributed by atoms with Gasteiger partial charge in [-0.2, -0.15) is 0 Å². The van der Waals surface area contributed by atoms with Gasteiger partial charge in [0.1, 0.15) is 0 Å². The van der Waals surface area contributed by atoms with Crippen molar-refractivity contribution in [1.29, 1.82) is 0 Å². The minimum Gasteiger partial charge on any atom is -0.490 e. The van der Waals surface area contributed by atoms with Crippen LogP contribution < -0.4 is 15.4 Å². The molecule has 0 spiro atoms. The molecule has 1 fully saturated rings. The van der Waals surface area contributed by atoms with Crippen molar-refractivity contribution in [3.05, 3.63) is 58.1 Å². The maximum atomic E-state index is 12.3. The number of hydrogen-bond acceptors (Lipinski definition) is 5. The number of benzene rings is 2. The van der Waals surface area contributed by atoms with E-state index in [1.54, 1.807) is 24.3 Å². The number of methoxy groups -OCH3 is 1. The Kier molecular flexibility index (Phi) is 4.83. The molecule has 0 bridgehead atoms. The van der Waals surface area contributed by atoms with E-state index in [0.29, 0.717) is 11.4 Å². The minimum atomic E-state index is -0.604. The van der Waals surface area contributed by atoms with Crippen LogP contribution in [-0.2, 0) is 4.79 Å². The number of hydrogen-bond donors (Lipinski definition) is 2. The Labute approximate surface area is 149 Å². The molecule has 2 N–H and O–H groups in total. The van der Waals surface area contributed by atoms with Crippen LogP contribution in [0.4, 0.5) is 17.1 Å². The highest BCUT2D eigenvalue weighted by Gasteiger charge is 2.29. The van der Waals surface area contributed by atoms with Crippen molar-refractivity contribution in [3.8, 4) is 5.75 Å². The summed E-state index contributed by atoms with van der Waals surface area (Å²) in [5.41, 5.74) is 1.03. The number of nitro benzene ring substituents is 1. The zero-order valence-corrected chi connectivity index (χ0v) is 14.0. The number of rotatable bonds is 6. The molecule has 134 valence electrons. The first-order chi connectivity index (χ1) is 12.5. The number of nitro groups is 1. The molecule has 1 aliphatic rings. The van der Waals surface area contributed by atoms with Gasteiger partial charge in [-0.15, -0.1) is 0 Å². The summed E-state index contributed by atoms with van der Waals surface area (Å²) in [6.07, 6.45) is 1.85. The number of carbonyl (C=O) groups excluding carboxylic acids is 2. The number of amides is 2. The van der Waals surface area contributed by atoms with Crippen molar-refractivity contribution in [2.75, 3.05) is 17.7 Å². The van der Waals surface area contributed by atoms with E-state index < -0.39 is 10.8 Å². The number of anilines is 2. The molecule has 0 heterocycles. The molecule has 2 amide bonds. The first kappa shape index (κ1) is 17.4. The summed E-state index contributed by atoms with van der Waals surface area (Å²) in [4.78, 5) is 34.5. The van der Waals surface area contributed by atoms with Crippen LogP contribution in [-0.4, -0.2) is 23.8 Å². The maximum Gasteiger partial charge on any atom is 0.311 e. The molecular formula is C18H17N3O5. The third kappa shape index (κ3) is 3.97. The highest BCUT2D eigenvalue weighted by molar-refractivity contribution is 6.05. The van der Waals surface area contributed by atoms with Gasteiger partial charge in [0.25, 0.3) is 5.91 Å². The average Bonchev–Trinajstić information content (AvgIpc) is 3.48. The topological polar surface area (TPSA) is 111 Å². The second-order valence-corrected chi connectivity index (χ2v) is 5.94. The van der Waals surface area contributed by atoms with Gasteiger partial charge in [0.15, 0.2) is 5.75 Å². The summed E-state index contributed by atoms with van der Waals surface area (Å²) in [6, 6.07) is 10.7. The highest BCUT2D eigenvalue weighted by atomic mass is 16.6. The molecule has 26 heavy (non-hydrogen) atoms. The predicted octanol–water partition coefficient (Wildman–Crippen LogP) is 3.20. The van der Waals surface area contributed by atoms with Gasteiger partial charge in [0.05, 0.1) is 12.0 Å². The van der Waals surface area contributed by atoms with Crippen LogP contribution in [0.3, 0.4) is 0 Å². The van der Waals surface area contributed by atoms with Crippen LogP contribution in [0.15, 0.2) is 42.5 Å². The normalized spacial score (nSPS) is 13.0. The van der Waals surface area contributed by atoms with Crippen molar-refractivity contribution < 1.29 is 19.2 Å². The first-order valence-electron chi connectivity index (χ1n) is 8.02. The first-order valence-corrected chi connectivity index (χ1v) is 8.02. The molecule has 1 saturated carbocycles. The van der Waals surface area contributed by atoms with Crippen molar-refractivity contribution >= 4 is 28.9 Å². The van der Waals surface area contributed by atoms with E-state index in [9.17, 15) is 19.7 Å². The fraction of sp³-hybridized carbons (Fsp3) is 0.222. The molecule has 8 heteroatoms. The van der Waals surface area contributed by atoms with Gasteiger partial charge in [0, 0.05) is 28.9 Å². The van der Waals surface area contributed by atoms with Gasteiger partial charge in [-0.3, -0.25) is 19.7 Å². The molecule has 3 rings (SSSR count). The molecular weight excluding hydrogens is 338 g/mol. The van der Waals surface area contributed by atoms with Crippen molar-refractivity contribution in [2.45, 2.75) is 12.8 Å². The zero-order chi connectivity index (χ0) is 18.7. The van der Waals surface area contributed by atoms with Gasteiger partial charge in [0.2, 0.25) is 5.91 Å². The standard InChI is InChI=1S/C18H17N3O5/c1-26-16-9-4-12(10-15(16)21(24)25)18(23)20-14-7-5-13(6-8-14)19-17(22)11-2-3-11/h4-11H,2-3H2,1H3,(H,19,22)(H,20,23). The molecule has 0 atom stereocenters. The van der Waals surface area contributed by atoms with Gasteiger partial charge >= 0.3 is 5.69 Å². The lowest BCUT2D eigenvalue weighted by Gasteiger charge is -2.08. The van der Waals surface area contributed by atoms with Crippen LogP contribution in [0.25, 0.3) is 0 Å². The Morgan fingerprint density at radius 3 is 2.23 bits per heavy atom. The lowest BCUT2D eigenvalue weighted by molar-refractivity contribution is -0.385. The van der Waals surface area contributed by atoms with Crippen molar-refractivity contribution in [2.24, 2.45) is 5.92 Å². The average molecular weight is 355 g/mol. The molecule has 0 unspecified atom stereocenters. The lowest BCUT2D eigenvalue weighted by atomic mass is 10.1. The molecule has 0 aromatic heterocycles. The Hall–Kier alpha value is -3.42. The smallest absolute Gasteiger partial charge is 0.311 e. The van der Waals surface area contributed by atoms with Crippen LogP contribution in [0.5, 0.6) is 5.75 Å². The van der Waals surface area contributed by atoms with E-state index in [1.165, 1.54) is 25.3 Å². The van der Waals surface area contributed by atoms with Gasteiger partial charge in [-0.1, -0.05) is 0 Å². The third-order valence-electron chi connectivity index (χ3n) is 4.00. The van der Waals surface area contributed by atoms with Crippen LogP contribution in [0, 0.1) is 16.0 Å². The lowest BCUT2D eigenvalue weighted by Crippen LogP contribution is -2.14. The molecule has 1 aliphatic carbocycles. The van der Waals surface area contributed by atoms with Gasteiger partial charge in [-0.05, 0) is 49.2 Å². The Morgan fingerprint density at radius 1 is 1.08 bits per heavy atom. The summed E-state index contributed by atoms with van der Waals surface area (Å²) in [7, 11) is 1.33. The fourth-order valence-corrected chi connectivity index (χ4v) is 2.40. The van der Waals surface area contributed by atoms with E-state index in [4.69, 9.17) is 4.74 Å². The number of carbonyl (C=O) groups is 2. The highest BCUT2D eigenvalue weighted by Crippen LogP contribution is 2.30. The maximum absolute atomic E-state index is 12.3. The molecule has 2 aromatic rings. The number of nitrogens with one attached hydrogen (secondary N) is 2. The SMILES string of the molecule is COc1ccc(C(=O)Nc2ccc(NC(=O)C3CC3)cc2)cc1[N+](=O)[O-]. The summed E-state index contributed by atoms with van der Waals surface area (Å²) in [5, 5.41) is 16.5. The van der Waals surface area contributed by atoms with E-state index in [1.807, 2.05) is 0 Å². The second kappa shape index (κ2) is 7.22. The Morgan fingerprint density at radius 2 is 1.69 bits per heavy atom. The van der Waals surface area contributed by atoms with Gasteiger partial charge < -0.3 is 15.4 Å². The summed E-state index contributed by atoms with van der Waals surface area (Å²) in [5.74, 6) is -0.277. The summed E-state index contributed by atoms with van der Waals surface area (Å²) >= 11 is 0. The monoisotopic (exact) mass is 355 g/mol. The molecule has 0 aliphatic heterocycles. The van der Waals surface area contributed by atoms with Gasteiger partial charge in [-0.25, -0.2) is 0 Å². The van der Waals surface area contributed by atoms with Crippen LogP contribution >= 0.6 is 0 Å². The van der Waals surface area contributed by atoms with E-state index in [0.717, 1.165) is 12.8 Å². The van der Waals surface area contributed by atoms with E-state index in [2.05, 4.69) is 10.6 Å². The summed E-state index contributed by atoms with van der Waals surface area (Å²) in [6.45, 7) is 0. The van der Waals surface area contributed by atoms with E-state index in [-0.39, 0.29) is 28.8 Å². The third-order valence-corrected chi connectivity index (χ3v) is 4.00. The molecule has 0 saturated heterocycles. The number of nitrogens with zero attached hydrogens (tertiary/aromatic N) is 1. The summed E-state index contributed by atoms with van der Waals surface area (Å²) < 4.78 is 4.92. The molecule has 2 aromatic carbocycles. The fourth-order valence-electron chi connectivity index (χ4n) is 2.40. The Bertz CT molecular complexity index is 860. The zero-order valence-electron chi connectivity index (χ0n) is 14.0. The Balaban J connectivity index is 1.68. The quantitative estimate of drug-likeness (QED) is 0.610. The predicted molar refractivity (Wildman–Crippen MR) is 95.4 cm³/mol. The van der Waals surface area contributed by atoms with Crippen molar-refractivity contribution in [3.63, 3.8) is 0 Å². The molecule has 0 radical (unpaired) electrons. The number of ether oxygens (including phenoxy) is 1. The van der Waals surface area contributed by atoms with Crippen molar-refractivity contribution in [1.82, 2.24) is 0 Å². The largest absolute Gasteiger partial charge is 0.490 e. The van der Waals surface area contributed by atoms with Crippen LogP contribution in [0.2, 0.25) is 0 Å². The van der Waals surface area contributed by atoms with E-state index >= 15 is 0 Å². The second-order valence-electron chi connectivity index (χ2n) is 5.94. The molecule has 8 nitrogen and oxygen atoms in total. The van der Waals surface area contributed by atoms with Crippen LogP contribution in [0.1, 0.15) is 23.2 Å². The minimum absolute atomic E-state index is 0.00679.